The van der Waals surface area contributed by atoms with Crippen molar-refractivity contribution in [1.82, 2.24) is 20.3 Å². The van der Waals surface area contributed by atoms with Crippen LogP contribution in [0.15, 0.2) is 78.8 Å². The molecule has 2 aliphatic heterocycles. The van der Waals surface area contributed by atoms with Crippen molar-refractivity contribution in [2.75, 3.05) is 20.2 Å². The van der Waals surface area contributed by atoms with Gasteiger partial charge >= 0.3 is 0 Å². The van der Waals surface area contributed by atoms with E-state index in [1.165, 1.54) is 11.3 Å². The van der Waals surface area contributed by atoms with Gasteiger partial charge in [0.1, 0.15) is 0 Å². The number of aromatic nitrogens is 1. The first-order valence-corrected chi connectivity index (χ1v) is 10.7. The lowest BCUT2D eigenvalue weighted by molar-refractivity contribution is -0.0906. The molecule has 5 heteroatoms. The van der Waals surface area contributed by atoms with E-state index in [0.29, 0.717) is 13.2 Å². The number of allylic oxidation sites excluding steroid dienone is 2. The van der Waals surface area contributed by atoms with Crippen LogP contribution < -0.4 is 5.32 Å². The van der Waals surface area contributed by atoms with Crippen molar-refractivity contribution < 1.29 is 4.84 Å². The third-order valence-corrected chi connectivity index (χ3v) is 5.52. The molecule has 0 amide bonds. The number of H-pyrrole nitrogens is 1. The lowest BCUT2D eigenvalue weighted by Gasteiger charge is -2.29. The van der Waals surface area contributed by atoms with Crippen molar-refractivity contribution in [3.8, 4) is 0 Å². The predicted molar refractivity (Wildman–Crippen MR) is 126 cm³/mol. The SMILES string of the molecule is C=C=C(CN1OC/C=C\C/C=C\1c1ccccc1)N[C@H](C)c1cc2c([nH]1)C=CN(C)C2. The number of hydrogen-bond acceptors (Lipinski definition) is 4. The molecule has 3 heterocycles. The summed E-state index contributed by atoms with van der Waals surface area (Å²) in [5.41, 5.74) is 9.78. The van der Waals surface area contributed by atoms with Gasteiger partial charge in [-0.05, 0) is 36.6 Å². The van der Waals surface area contributed by atoms with Gasteiger partial charge in [-0.3, -0.25) is 4.84 Å². The summed E-state index contributed by atoms with van der Waals surface area (Å²) >= 11 is 0. The standard InChI is InChI=1S/C26H30N4O/c1-4-23(27-20(2)25-17-22-18-29(3)15-14-24(22)28-25)19-30-26(13-9-6-10-16-31-30)21-11-7-5-8-12-21/h5-8,10-15,17,20,27-28H,1,9,16,18-19H2,2-3H3/b10-6-,26-13-/t20-/m1/s1. The molecule has 0 fully saturated rings. The van der Waals surface area contributed by atoms with Crippen LogP contribution in [0.4, 0.5) is 0 Å². The lowest BCUT2D eigenvalue weighted by Crippen LogP contribution is -2.31. The number of rotatable bonds is 6. The Bertz CT molecular complexity index is 1040. The number of fused-ring (bicyclic) bond motifs is 1. The van der Waals surface area contributed by atoms with E-state index < -0.39 is 0 Å². The number of hydrogen-bond donors (Lipinski definition) is 2. The fourth-order valence-electron chi connectivity index (χ4n) is 3.86. The molecule has 0 saturated carbocycles. The van der Waals surface area contributed by atoms with Gasteiger partial charge < -0.3 is 15.2 Å². The van der Waals surface area contributed by atoms with Crippen molar-refractivity contribution >= 4 is 11.8 Å². The number of benzene rings is 1. The average molecular weight is 415 g/mol. The third-order valence-electron chi connectivity index (χ3n) is 5.52. The van der Waals surface area contributed by atoms with Gasteiger partial charge in [-0.15, -0.1) is 5.73 Å². The van der Waals surface area contributed by atoms with Gasteiger partial charge in [0.25, 0.3) is 0 Å². The second-order valence-corrected chi connectivity index (χ2v) is 7.91. The molecular weight excluding hydrogens is 384 g/mol. The van der Waals surface area contributed by atoms with E-state index in [4.69, 9.17) is 4.84 Å². The zero-order valence-corrected chi connectivity index (χ0v) is 18.3. The molecule has 160 valence electrons. The maximum Gasteiger partial charge on any atom is 0.0930 e. The van der Waals surface area contributed by atoms with Crippen LogP contribution in [0.3, 0.4) is 0 Å². The number of aromatic amines is 1. The van der Waals surface area contributed by atoms with Crippen LogP contribution in [-0.4, -0.2) is 35.1 Å². The van der Waals surface area contributed by atoms with Gasteiger partial charge in [-0.1, -0.05) is 55.1 Å². The first kappa shape index (κ1) is 20.9. The highest BCUT2D eigenvalue weighted by Gasteiger charge is 2.19. The maximum atomic E-state index is 6.07. The first-order valence-electron chi connectivity index (χ1n) is 10.7. The summed E-state index contributed by atoms with van der Waals surface area (Å²) in [7, 11) is 2.09. The molecule has 1 atom stereocenters. The molecule has 2 aromatic rings. The molecule has 1 aromatic carbocycles. The van der Waals surface area contributed by atoms with E-state index in [1.54, 1.807) is 0 Å². The zero-order chi connectivity index (χ0) is 21.6. The highest BCUT2D eigenvalue weighted by atomic mass is 16.7. The van der Waals surface area contributed by atoms with Crippen LogP contribution in [0.25, 0.3) is 11.8 Å². The van der Waals surface area contributed by atoms with Crippen LogP contribution >= 0.6 is 0 Å². The van der Waals surface area contributed by atoms with Crippen LogP contribution in [0, 0.1) is 0 Å². The summed E-state index contributed by atoms with van der Waals surface area (Å²) < 4.78 is 0. The van der Waals surface area contributed by atoms with Crippen molar-refractivity contribution in [2.45, 2.75) is 25.9 Å². The Hall–Kier alpha value is -3.40. The lowest BCUT2D eigenvalue weighted by atomic mass is 10.1. The Kier molecular flexibility index (Phi) is 6.46. The normalized spacial score (nSPS) is 19.4. The average Bonchev–Trinajstić information content (AvgIpc) is 3.19. The summed E-state index contributed by atoms with van der Waals surface area (Å²) in [6.45, 7) is 8.05. The molecule has 5 nitrogen and oxygen atoms in total. The largest absolute Gasteiger partial charge is 0.376 e. The molecule has 0 aliphatic carbocycles. The van der Waals surface area contributed by atoms with E-state index in [1.807, 2.05) is 29.3 Å². The maximum absolute atomic E-state index is 6.07. The molecule has 0 radical (unpaired) electrons. The van der Waals surface area contributed by atoms with Crippen molar-refractivity contribution in [3.05, 3.63) is 101 Å². The molecule has 2 N–H and O–H groups in total. The Morgan fingerprint density at radius 1 is 1.29 bits per heavy atom. The van der Waals surface area contributed by atoms with Crippen LogP contribution in [0.2, 0.25) is 0 Å². The fraction of sp³-hybridized carbons (Fsp3) is 0.269. The summed E-state index contributed by atoms with van der Waals surface area (Å²) in [5, 5.41) is 5.50. The van der Waals surface area contributed by atoms with Crippen LogP contribution in [0.1, 0.15) is 41.9 Å². The topological polar surface area (TPSA) is 43.5 Å². The second-order valence-electron chi connectivity index (χ2n) is 7.91. The minimum absolute atomic E-state index is 0.0902. The minimum atomic E-state index is 0.0902. The van der Waals surface area contributed by atoms with E-state index in [0.717, 1.165) is 35.6 Å². The zero-order valence-electron chi connectivity index (χ0n) is 18.3. The molecular formula is C26H30N4O. The molecule has 0 saturated heterocycles. The van der Waals surface area contributed by atoms with Gasteiger partial charge in [0.05, 0.1) is 30.6 Å². The van der Waals surface area contributed by atoms with Crippen molar-refractivity contribution in [2.24, 2.45) is 0 Å². The smallest absolute Gasteiger partial charge is 0.0930 e. The summed E-state index contributed by atoms with van der Waals surface area (Å²) in [4.78, 5) is 11.8. The second kappa shape index (κ2) is 9.61. The monoisotopic (exact) mass is 414 g/mol. The predicted octanol–water partition coefficient (Wildman–Crippen LogP) is 4.98. The fourth-order valence-corrected chi connectivity index (χ4v) is 3.86. The van der Waals surface area contributed by atoms with Gasteiger partial charge in [0.2, 0.25) is 0 Å². The minimum Gasteiger partial charge on any atom is -0.376 e. The Balaban J connectivity index is 1.49. The van der Waals surface area contributed by atoms with E-state index >= 15 is 0 Å². The Labute approximate surface area is 184 Å². The third kappa shape index (κ3) is 5.02. The van der Waals surface area contributed by atoms with E-state index in [2.05, 4.69) is 84.1 Å². The molecule has 31 heavy (non-hydrogen) atoms. The van der Waals surface area contributed by atoms with Crippen LogP contribution in [-0.2, 0) is 11.4 Å². The molecule has 0 unspecified atom stereocenters. The van der Waals surface area contributed by atoms with Crippen LogP contribution in [0.5, 0.6) is 0 Å². The summed E-state index contributed by atoms with van der Waals surface area (Å²) in [6.07, 6.45) is 11.5. The highest BCUT2D eigenvalue weighted by molar-refractivity contribution is 5.63. The van der Waals surface area contributed by atoms with Gasteiger partial charge in [0, 0.05) is 31.2 Å². The molecule has 2 aliphatic rings. The van der Waals surface area contributed by atoms with Gasteiger partial charge in [-0.25, -0.2) is 5.06 Å². The van der Waals surface area contributed by atoms with E-state index in [9.17, 15) is 0 Å². The molecule has 0 spiro atoms. The van der Waals surface area contributed by atoms with Crippen molar-refractivity contribution in [1.29, 1.82) is 0 Å². The summed E-state index contributed by atoms with van der Waals surface area (Å²) in [5.74, 6) is 0. The first-order chi connectivity index (χ1) is 15.1. The number of nitrogens with one attached hydrogen (secondary N) is 2. The summed E-state index contributed by atoms with van der Waals surface area (Å²) in [6, 6.07) is 12.7. The van der Waals surface area contributed by atoms with Crippen molar-refractivity contribution in [3.63, 3.8) is 0 Å². The Morgan fingerprint density at radius 3 is 2.94 bits per heavy atom. The quantitative estimate of drug-likeness (QED) is 0.517. The number of hydroxylamine groups is 2. The van der Waals surface area contributed by atoms with Gasteiger partial charge in [0.15, 0.2) is 0 Å². The molecule has 1 aromatic heterocycles. The van der Waals surface area contributed by atoms with E-state index in [-0.39, 0.29) is 6.04 Å². The Morgan fingerprint density at radius 2 is 2.13 bits per heavy atom. The molecule has 0 bridgehead atoms. The van der Waals surface area contributed by atoms with Gasteiger partial charge in [-0.2, -0.15) is 0 Å². The number of nitrogens with zero attached hydrogens (tertiary/aromatic N) is 2. The highest BCUT2D eigenvalue weighted by Crippen LogP contribution is 2.25. The molecule has 4 rings (SSSR count).